The molecule has 0 saturated heterocycles. The normalized spacial score (nSPS) is 19.2. The minimum Gasteiger partial charge on any atom is -0.383 e. The summed E-state index contributed by atoms with van der Waals surface area (Å²) in [7, 11) is 1.66. The highest BCUT2D eigenvalue weighted by Crippen LogP contribution is 2.29. The first-order valence-corrected chi connectivity index (χ1v) is 6.39. The Morgan fingerprint density at radius 2 is 2.06 bits per heavy atom. The number of hydrogen-bond donors (Lipinski definition) is 1. The molecule has 1 aliphatic rings. The van der Waals surface area contributed by atoms with Gasteiger partial charge < -0.3 is 15.4 Å². The van der Waals surface area contributed by atoms with E-state index in [0.29, 0.717) is 35.7 Å². The lowest BCUT2D eigenvalue weighted by Crippen LogP contribution is -2.38. The van der Waals surface area contributed by atoms with Gasteiger partial charge >= 0.3 is 0 Å². The largest absolute Gasteiger partial charge is 0.383 e. The summed E-state index contributed by atoms with van der Waals surface area (Å²) in [5, 5.41) is 1.24. The van der Waals surface area contributed by atoms with Gasteiger partial charge in [-0.1, -0.05) is 23.2 Å². The van der Waals surface area contributed by atoms with Crippen molar-refractivity contribution in [2.45, 2.75) is 6.04 Å². The Balaban J connectivity index is 2.21. The quantitative estimate of drug-likeness (QED) is 0.925. The molecule has 98 valence electrons. The number of rotatable bonds is 4. The van der Waals surface area contributed by atoms with Gasteiger partial charge in [0.1, 0.15) is 0 Å². The van der Waals surface area contributed by atoms with Gasteiger partial charge in [-0.2, -0.15) is 0 Å². The molecule has 2 rings (SSSR count). The molecule has 0 fully saturated rings. The van der Waals surface area contributed by atoms with Gasteiger partial charge in [0.15, 0.2) is 5.96 Å². The van der Waals surface area contributed by atoms with Crippen LogP contribution in [-0.2, 0) is 4.74 Å². The predicted octanol–water partition coefficient (Wildman–Crippen LogP) is 2.31. The number of aliphatic imine (C=N–C) groups is 1. The molecule has 6 heteroatoms. The van der Waals surface area contributed by atoms with E-state index in [1.807, 2.05) is 17.0 Å². The van der Waals surface area contributed by atoms with Crippen LogP contribution in [0.2, 0.25) is 10.0 Å². The topological polar surface area (TPSA) is 50.9 Å². The number of halogens is 2. The van der Waals surface area contributed by atoms with Crippen LogP contribution in [0.1, 0.15) is 11.6 Å². The molecular formula is C12H15Cl2N3O. The minimum absolute atomic E-state index is 0.0800. The van der Waals surface area contributed by atoms with Crippen molar-refractivity contribution in [3.63, 3.8) is 0 Å². The minimum atomic E-state index is 0.0800. The van der Waals surface area contributed by atoms with E-state index in [1.54, 1.807) is 13.2 Å². The van der Waals surface area contributed by atoms with Crippen LogP contribution in [0.25, 0.3) is 0 Å². The summed E-state index contributed by atoms with van der Waals surface area (Å²) in [6, 6.07) is 5.58. The smallest absolute Gasteiger partial charge is 0.192 e. The Morgan fingerprint density at radius 1 is 1.39 bits per heavy atom. The molecule has 0 saturated carbocycles. The van der Waals surface area contributed by atoms with E-state index in [2.05, 4.69) is 4.99 Å². The van der Waals surface area contributed by atoms with E-state index in [9.17, 15) is 0 Å². The first-order valence-electron chi connectivity index (χ1n) is 5.63. The molecule has 4 nitrogen and oxygen atoms in total. The molecule has 0 bridgehead atoms. The second kappa shape index (κ2) is 5.78. The third kappa shape index (κ3) is 2.88. The molecule has 0 spiro atoms. The molecule has 1 atom stereocenters. The highest BCUT2D eigenvalue weighted by atomic mass is 35.5. The van der Waals surface area contributed by atoms with Crippen LogP contribution in [0, 0.1) is 0 Å². The van der Waals surface area contributed by atoms with Crippen LogP contribution in [0.15, 0.2) is 23.2 Å². The fourth-order valence-corrected chi connectivity index (χ4v) is 2.58. The molecule has 1 heterocycles. The second-order valence-electron chi connectivity index (χ2n) is 4.10. The van der Waals surface area contributed by atoms with E-state index in [4.69, 9.17) is 33.7 Å². The van der Waals surface area contributed by atoms with Crippen LogP contribution in [0.4, 0.5) is 0 Å². The maximum Gasteiger partial charge on any atom is 0.192 e. The van der Waals surface area contributed by atoms with Crippen molar-refractivity contribution in [2.24, 2.45) is 10.7 Å². The van der Waals surface area contributed by atoms with Gasteiger partial charge in [0.05, 0.1) is 19.2 Å². The van der Waals surface area contributed by atoms with Crippen LogP contribution < -0.4 is 5.73 Å². The lowest BCUT2D eigenvalue weighted by Gasteiger charge is -2.26. The first kappa shape index (κ1) is 13.5. The number of nitrogens with zero attached hydrogens (tertiary/aromatic N) is 2. The molecule has 0 aliphatic carbocycles. The maximum absolute atomic E-state index is 6.02. The molecule has 1 aromatic rings. The summed E-state index contributed by atoms with van der Waals surface area (Å²) < 4.78 is 5.08. The summed E-state index contributed by atoms with van der Waals surface area (Å²) >= 11 is 12.0. The van der Waals surface area contributed by atoms with Gasteiger partial charge in [0.2, 0.25) is 0 Å². The average molecular weight is 288 g/mol. The SMILES string of the molecule is COCCN1C(N)=NCC1c1cc(Cl)cc(Cl)c1. The first-order chi connectivity index (χ1) is 8.61. The third-order valence-electron chi connectivity index (χ3n) is 2.90. The van der Waals surface area contributed by atoms with Crippen molar-refractivity contribution in [1.82, 2.24) is 4.90 Å². The Kier molecular flexibility index (Phi) is 4.32. The fraction of sp³-hybridized carbons (Fsp3) is 0.417. The van der Waals surface area contributed by atoms with Crippen LogP contribution in [-0.4, -0.2) is 37.7 Å². The molecule has 1 aliphatic heterocycles. The van der Waals surface area contributed by atoms with Gasteiger partial charge in [-0.25, -0.2) is 0 Å². The van der Waals surface area contributed by atoms with Gasteiger partial charge in [0.25, 0.3) is 0 Å². The zero-order chi connectivity index (χ0) is 13.1. The molecule has 0 radical (unpaired) electrons. The maximum atomic E-state index is 6.02. The standard InChI is InChI=1S/C12H15Cl2N3O/c1-18-3-2-17-11(7-16-12(17)15)8-4-9(13)6-10(14)5-8/h4-6,11H,2-3,7H2,1H3,(H2,15,16). The van der Waals surface area contributed by atoms with Crippen molar-refractivity contribution >= 4 is 29.2 Å². The van der Waals surface area contributed by atoms with Crippen LogP contribution in [0.3, 0.4) is 0 Å². The summed E-state index contributed by atoms with van der Waals surface area (Å²) in [6.07, 6.45) is 0. The zero-order valence-electron chi connectivity index (χ0n) is 10.1. The Bertz CT molecular complexity index is 444. The van der Waals surface area contributed by atoms with Crippen LogP contribution in [0.5, 0.6) is 0 Å². The summed E-state index contributed by atoms with van der Waals surface area (Å²) in [5.41, 5.74) is 6.90. The van der Waals surface area contributed by atoms with E-state index in [0.717, 1.165) is 5.56 Å². The van der Waals surface area contributed by atoms with Gasteiger partial charge in [-0.15, -0.1) is 0 Å². The molecule has 18 heavy (non-hydrogen) atoms. The monoisotopic (exact) mass is 287 g/mol. The van der Waals surface area contributed by atoms with E-state index < -0.39 is 0 Å². The number of benzene rings is 1. The highest BCUT2D eigenvalue weighted by Gasteiger charge is 2.27. The molecular weight excluding hydrogens is 273 g/mol. The predicted molar refractivity (Wildman–Crippen MR) is 74.3 cm³/mol. The number of guanidine groups is 1. The third-order valence-corrected chi connectivity index (χ3v) is 3.34. The van der Waals surface area contributed by atoms with Crippen molar-refractivity contribution in [3.05, 3.63) is 33.8 Å². The molecule has 1 aromatic carbocycles. The van der Waals surface area contributed by atoms with E-state index in [1.165, 1.54) is 0 Å². The Morgan fingerprint density at radius 3 is 2.67 bits per heavy atom. The van der Waals surface area contributed by atoms with Crippen molar-refractivity contribution in [3.8, 4) is 0 Å². The average Bonchev–Trinajstić information content (AvgIpc) is 2.67. The molecule has 0 aromatic heterocycles. The van der Waals surface area contributed by atoms with E-state index in [-0.39, 0.29) is 6.04 Å². The highest BCUT2D eigenvalue weighted by molar-refractivity contribution is 6.34. The number of hydrogen-bond acceptors (Lipinski definition) is 4. The lowest BCUT2D eigenvalue weighted by atomic mass is 10.1. The summed E-state index contributed by atoms with van der Waals surface area (Å²) in [4.78, 5) is 6.27. The Labute approximate surface area is 116 Å². The zero-order valence-corrected chi connectivity index (χ0v) is 11.6. The van der Waals surface area contributed by atoms with Crippen LogP contribution >= 0.6 is 23.2 Å². The second-order valence-corrected chi connectivity index (χ2v) is 4.98. The number of nitrogens with two attached hydrogens (primary N) is 1. The Hall–Kier alpha value is -0.970. The lowest BCUT2D eigenvalue weighted by molar-refractivity contribution is 0.166. The molecule has 1 unspecified atom stereocenters. The van der Waals surface area contributed by atoms with Gasteiger partial charge in [0, 0.05) is 23.7 Å². The number of methoxy groups -OCH3 is 1. The fourth-order valence-electron chi connectivity index (χ4n) is 2.04. The summed E-state index contributed by atoms with van der Waals surface area (Å²) in [6.45, 7) is 1.91. The van der Waals surface area contributed by atoms with Crippen molar-refractivity contribution < 1.29 is 4.74 Å². The van der Waals surface area contributed by atoms with Crippen molar-refractivity contribution in [2.75, 3.05) is 26.8 Å². The molecule has 0 amide bonds. The van der Waals surface area contributed by atoms with Crippen molar-refractivity contribution in [1.29, 1.82) is 0 Å². The van der Waals surface area contributed by atoms with E-state index >= 15 is 0 Å². The van der Waals surface area contributed by atoms with Gasteiger partial charge in [-0.3, -0.25) is 4.99 Å². The molecule has 2 N–H and O–H groups in total. The summed E-state index contributed by atoms with van der Waals surface area (Å²) in [5.74, 6) is 0.535. The number of ether oxygens (including phenoxy) is 1. The van der Waals surface area contributed by atoms with Gasteiger partial charge in [-0.05, 0) is 23.8 Å².